The van der Waals surface area contributed by atoms with Gasteiger partial charge in [-0.2, -0.15) is 0 Å². The van der Waals surface area contributed by atoms with Crippen LogP contribution in [0.5, 0.6) is 0 Å². The Morgan fingerprint density at radius 3 is 2.60 bits per heavy atom. The van der Waals surface area contributed by atoms with E-state index in [4.69, 9.17) is 0 Å². The number of hydrogen-bond donors (Lipinski definition) is 0. The van der Waals surface area contributed by atoms with Crippen LogP contribution in [0.4, 0.5) is 0 Å². The van der Waals surface area contributed by atoms with Crippen LogP contribution in [-0.2, 0) is 16.1 Å². The predicted octanol–water partition coefficient (Wildman–Crippen LogP) is -4.27. The van der Waals surface area contributed by atoms with Crippen molar-refractivity contribution in [3.63, 3.8) is 0 Å². The summed E-state index contributed by atoms with van der Waals surface area (Å²) in [6.45, 7) is 0. The van der Waals surface area contributed by atoms with Crippen molar-refractivity contribution in [1.82, 2.24) is 0 Å². The molecule has 0 aromatic rings. The Labute approximate surface area is 80.7 Å². The summed E-state index contributed by atoms with van der Waals surface area (Å²) in [4.78, 5) is 0. The van der Waals surface area contributed by atoms with E-state index in [9.17, 15) is 0 Å². The summed E-state index contributed by atoms with van der Waals surface area (Å²) in [5, 5.41) is 0. The number of halogens is 2. The largest absolute Gasteiger partial charge is 1.00 e. The summed E-state index contributed by atoms with van der Waals surface area (Å²) < 4.78 is 5.62. The molecule has 1 rings (SSSR count). The smallest absolute Gasteiger partial charge is 1.00 e. The van der Waals surface area contributed by atoms with E-state index in [1.807, 2.05) is 7.05 Å². The fourth-order valence-electron chi connectivity index (χ4n) is 0.639. The van der Waals surface area contributed by atoms with Crippen LogP contribution in [0.15, 0.2) is 26.3 Å². The molecule has 1 nitrogen and oxygen atoms in total. The molecule has 0 spiro atoms. The summed E-state index contributed by atoms with van der Waals surface area (Å²) in [6.07, 6.45) is 7.61. The van der Waals surface area contributed by atoms with Gasteiger partial charge < -0.3 is 24.8 Å². The zero-order chi connectivity index (χ0) is 5.82. The van der Waals surface area contributed by atoms with E-state index in [1.54, 1.807) is 0 Å². The Kier molecular flexibility index (Phi) is 9.86. The van der Waals surface area contributed by atoms with Crippen molar-refractivity contribution in [3.05, 3.63) is 22.5 Å². The first-order chi connectivity index (χ1) is 3.93. The Hall–Kier alpha value is 0.444. The number of allylic oxidation sites excluding steroid dienone is 4. The number of hydrogen-bond acceptors (Lipinski definition) is 1. The Morgan fingerprint density at radius 1 is 1.50 bits per heavy atom. The third-order valence-electron chi connectivity index (χ3n) is 0.980. The summed E-state index contributed by atoms with van der Waals surface area (Å²) in [5.41, 5.74) is 0. The van der Waals surface area contributed by atoms with Gasteiger partial charge in [0.2, 0.25) is 0 Å². The van der Waals surface area contributed by atoms with E-state index in [1.165, 1.54) is 4.28 Å². The predicted molar refractivity (Wildman–Crippen MR) is 30.2 cm³/mol. The molecule has 0 unspecified atom stereocenters. The normalized spacial score (nSPS) is 13.5. The van der Waals surface area contributed by atoms with Gasteiger partial charge >= 0.3 is 55.9 Å². The third kappa shape index (κ3) is 4.29. The van der Waals surface area contributed by atoms with Gasteiger partial charge in [-0.15, -0.1) is 0 Å². The standard InChI is InChI=1S/C5H5.CH3N.2ClH.V/c1-2-4-5-3-1;1-2;;;/h1-3H,4H2;1H3;2*1H;/q;;;;+2/p-2. The SMILES string of the molecule is C[N]=[V+2][C]1=CC=CC1.[Cl-].[Cl-]. The van der Waals surface area contributed by atoms with Gasteiger partial charge in [-0.1, -0.05) is 0 Å². The van der Waals surface area contributed by atoms with Gasteiger partial charge in [0.25, 0.3) is 0 Å². The summed E-state index contributed by atoms with van der Waals surface area (Å²) in [7, 11) is 1.89. The van der Waals surface area contributed by atoms with Crippen molar-refractivity contribution in [1.29, 1.82) is 0 Å². The molecule has 56 valence electrons. The monoisotopic (exact) mass is 215 g/mol. The molecule has 0 heterocycles. The first-order valence-corrected chi connectivity index (χ1v) is 3.91. The molecule has 0 fully saturated rings. The first kappa shape index (κ1) is 13.1. The molecule has 10 heavy (non-hydrogen) atoms. The summed E-state index contributed by atoms with van der Waals surface area (Å²) >= 11 is 0.175. The Balaban J connectivity index is 0. The molecule has 0 bridgehead atoms. The quantitative estimate of drug-likeness (QED) is 0.421. The van der Waals surface area contributed by atoms with Gasteiger partial charge in [-0.25, -0.2) is 0 Å². The van der Waals surface area contributed by atoms with Crippen molar-refractivity contribution < 1.29 is 40.9 Å². The van der Waals surface area contributed by atoms with E-state index in [0.717, 1.165) is 6.42 Å². The first-order valence-electron chi connectivity index (χ1n) is 2.59. The number of nitrogens with zero attached hydrogens (tertiary/aromatic N) is 1. The molecule has 0 saturated heterocycles. The zero-order valence-corrected chi connectivity index (χ0v) is 8.50. The van der Waals surface area contributed by atoms with Gasteiger partial charge in [0.1, 0.15) is 0 Å². The van der Waals surface area contributed by atoms with Crippen LogP contribution in [0.2, 0.25) is 0 Å². The molecular formula is C6H8Cl2NV. The molecule has 0 radical (unpaired) electrons. The zero-order valence-electron chi connectivity index (χ0n) is 5.59. The molecule has 0 atom stereocenters. The second kappa shape index (κ2) is 7.55. The van der Waals surface area contributed by atoms with Crippen LogP contribution in [0.1, 0.15) is 6.42 Å². The molecule has 4 heteroatoms. The van der Waals surface area contributed by atoms with Crippen LogP contribution in [0, 0.1) is 0 Å². The van der Waals surface area contributed by atoms with Crippen molar-refractivity contribution in [2.45, 2.75) is 6.42 Å². The molecule has 0 aromatic heterocycles. The fourth-order valence-corrected chi connectivity index (χ4v) is 1.57. The van der Waals surface area contributed by atoms with E-state index >= 15 is 0 Å². The van der Waals surface area contributed by atoms with Crippen molar-refractivity contribution >= 4 is 0 Å². The van der Waals surface area contributed by atoms with Crippen LogP contribution < -0.4 is 24.8 Å². The average Bonchev–Trinajstić information content (AvgIpc) is 2.19. The molecule has 1 aliphatic rings. The van der Waals surface area contributed by atoms with E-state index in [-0.39, 0.29) is 40.9 Å². The van der Waals surface area contributed by atoms with Gasteiger partial charge in [0.15, 0.2) is 0 Å². The minimum atomic E-state index is 0. The summed E-state index contributed by atoms with van der Waals surface area (Å²) in [6, 6.07) is 0. The second-order valence-electron chi connectivity index (χ2n) is 1.59. The topological polar surface area (TPSA) is 12.4 Å². The molecular weight excluding hydrogens is 208 g/mol. The van der Waals surface area contributed by atoms with Gasteiger partial charge in [-0.3, -0.25) is 0 Å². The van der Waals surface area contributed by atoms with Crippen molar-refractivity contribution in [3.8, 4) is 0 Å². The maximum atomic E-state index is 4.10. The van der Waals surface area contributed by atoms with Gasteiger partial charge in [-0.05, 0) is 0 Å². The second-order valence-corrected chi connectivity index (χ2v) is 3.42. The third-order valence-corrected chi connectivity index (χ3v) is 2.21. The van der Waals surface area contributed by atoms with Crippen molar-refractivity contribution in [2.75, 3.05) is 7.05 Å². The molecule has 0 aromatic carbocycles. The van der Waals surface area contributed by atoms with Crippen molar-refractivity contribution in [2.24, 2.45) is 3.79 Å². The summed E-state index contributed by atoms with van der Waals surface area (Å²) in [5.74, 6) is 0. The molecule has 1 aliphatic carbocycles. The Morgan fingerprint density at radius 2 is 2.20 bits per heavy atom. The molecule has 0 aliphatic heterocycles. The van der Waals surface area contributed by atoms with Crippen LogP contribution in [-0.4, -0.2) is 7.05 Å². The molecule has 0 saturated carbocycles. The average molecular weight is 216 g/mol. The number of rotatable bonds is 1. The van der Waals surface area contributed by atoms with Crippen LogP contribution >= 0.6 is 0 Å². The maximum absolute atomic E-state index is 4.10. The van der Waals surface area contributed by atoms with E-state index < -0.39 is 0 Å². The van der Waals surface area contributed by atoms with E-state index in [2.05, 4.69) is 22.0 Å². The van der Waals surface area contributed by atoms with Gasteiger partial charge in [0, 0.05) is 0 Å². The molecule has 0 amide bonds. The fraction of sp³-hybridized carbons (Fsp3) is 0.333. The van der Waals surface area contributed by atoms with Gasteiger partial charge in [0.05, 0.1) is 0 Å². The Bertz CT molecular complexity index is 163. The van der Waals surface area contributed by atoms with Crippen LogP contribution in [0.3, 0.4) is 0 Å². The van der Waals surface area contributed by atoms with Crippen LogP contribution in [0.25, 0.3) is 0 Å². The minimum absolute atomic E-state index is 0. The minimum Gasteiger partial charge on any atom is -1.00 e. The van der Waals surface area contributed by atoms with E-state index in [0.29, 0.717) is 0 Å². The maximum Gasteiger partial charge on any atom is -1.00 e. The molecule has 0 N–H and O–H groups in total.